The Morgan fingerprint density at radius 3 is 2.76 bits per heavy atom. The Hall–Kier alpha value is -1.73. The largest absolute Gasteiger partial charge is 0.396 e. The molecule has 0 aliphatic heterocycles. The first-order valence-corrected chi connectivity index (χ1v) is 7.31. The Balaban J connectivity index is 2.17. The van der Waals surface area contributed by atoms with Crippen molar-refractivity contribution in [1.29, 1.82) is 0 Å². The van der Waals surface area contributed by atoms with Gasteiger partial charge < -0.3 is 10.4 Å². The van der Waals surface area contributed by atoms with Crippen molar-refractivity contribution in [3.05, 3.63) is 42.0 Å². The second-order valence-corrected chi connectivity index (χ2v) is 5.61. The van der Waals surface area contributed by atoms with Crippen LogP contribution in [0, 0.1) is 12.7 Å². The Morgan fingerprint density at radius 1 is 1.48 bits per heavy atom. The molecular formula is C14H15BrFN3O2. The zero-order chi connectivity index (χ0) is 15.4. The molecule has 0 fully saturated rings. The second kappa shape index (κ2) is 6.82. The molecular weight excluding hydrogens is 341 g/mol. The molecule has 0 aliphatic rings. The van der Waals surface area contributed by atoms with Gasteiger partial charge in [-0.1, -0.05) is 15.9 Å². The summed E-state index contributed by atoms with van der Waals surface area (Å²) in [5, 5.41) is 15.8. The number of halogens is 2. The van der Waals surface area contributed by atoms with Gasteiger partial charge in [-0.15, -0.1) is 0 Å². The number of hydrogen-bond donors (Lipinski definition) is 2. The van der Waals surface area contributed by atoms with E-state index in [0.29, 0.717) is 17.8 Å². The summed E-state index contributed by atoms with van der Waals surface area (Å²) in [5.41, 5.74) is 2.02. The maximum Gasteiger partial charge on any atom is 0.238 e. The van der Waals surface area contributed by atoms with Gasteiger partial charge in [0, 0.05) is 6.61 Å². The zero-order valence-electron chi connectivity index (χ0n) is 11.4. The molecule has 0 aliphatic carbocycles. The molecule has 21 heavy (non-hydrogen) atoms. The zero-order valence-corrected chi connectivity index (χ0v) is 13.0. The van der Waals surface area contributed by atoms with Gasteiger partial charge in [-0.25, -0.2) is 9.07 Å². The number of amides is 1. The number of carbonyl (C=O) groups excluding carboxylic acids is 1. The van der Waals surface area contributed by atoms with Gasteiger partial charge in [0.15, 0.2) is 0 Å². The van der Waals surface area contributed by atoms with Crippen molar-refractivity contribution in [3.63, 3.8) is 0 Å². The topological polar surface area (TPSA) is 67.2 Å². The molecule has 2 N–H and O–H groups in total. The van der Waals surface area contributed by atoms with Crippen LogP contribution in [0.1, 0.15) is 12.1 Å². The first-order valence-electron chi connectivity index (χ1n) is 6.39. The average Bonchev–Trinajstić information content (AvgIpc) is 2.81. The SMILES string of the molecule is Cc1c(NC(=O)C(Br)CCO)cnn1-c1ccc(F)cc1. The minimum atomic E-state index is -0.462. The Morgan fingerprint density at radius 2 is 2.14 bits per heavy atom. The number of alkyl halides is 1. The van der Waals surface area contributed by atoms with E-state index in [1.807, 2.05) is 0 Å². The Bertz CT molecular complexity index is 628. The lowest BCUT2D eigenvalue weighted by Crippen LogP contribution is -2.23. The number of aliphatic hydroxyl groups excluding tert-OH is 1. The standard InChI is InChI=1S/C14H15BrFN3O2/c1-9-13(18-14(21)12(15)6-7-20)8-17-19(9)11-4-2-10(16)3-5-11/h2-5,8,12,20H,6-7H2,1H3,(H,18,21). The van der Waals surface area contributed by atoms with Gasteiger partial charge in [0.2, 0.25) is 5.91 Å². The number of nitrogens with zero attached hydrogens (tertiary/aromatic N) is 2. The molecule has 0 saturated carbocycles. The number of rotatable bonds is 5. The molecule has 1 amide bonds. The van der Waals surface area contributed by atoms with Crippen LogP contribution in [-0.4, -0.2) is 32.2 Å². The predicted molar refractivity (Wildman–Crippen MR) is 81.3 cm³/mol. The van der Waals surface area contributed by atoms with Crippen molar-refractivity contribution in [2.75, 3.05) is 11.9 Å². The molecule has 5 nitrogen and oxygen atoms in total. The van der Waals surface area contributed by atoms with Crippen LogP contribution in [0.25, 0.3) is 5.69 Å². The molecule has 0 radical (unpaired) electrons. The fraction of sp³-hybridized carbons (Fsp3) is 0.286. The van der Waals surface area contributed by atoms with E-state index in [4.69, 9.17) is 5.11 Å². The van der Waals surface area contributed by atoms with E-state index in [-0.39, 0.29) is 18.3 Å². The lowest BCUT2D eigenvalue weighted by Gasteiger charge is -2.09. The average molecular weight is 356 g/mol. The van der Waals surface area contributed by atoms with Crippen molar-refractivity contribution >= 4 is 27.5 Å². The van der Waals surface area contributed by atoms with E-state index >= 15 is 0 Å². The van der Waals surface area contributed by atoms with Crippen molar-refractivity contribution in [2.24, 2.45) is 0 Å². The fourth-order valence-corrected chi connectivity index (χ4v) is 2.15. The molecule has 1 aromatic heterocycles. The highest BCUT2D eigenvalue weighted by Gasteiger charge is 2.17. The van der Waals surface area contributed by atoms with Crippen LogP contribution in [0.15, 0.2) is 30.5 Å². The maximum absolute atomic E-state index is 12.9. The molecule has 0 saturated heterocycles. The highest BCUT2D eigenvalue weighted by atomic mass is 79.9. The minimum Gasteiger partial charge on any atom is -0.396 e. The number of hydrogen-bond acceptors (Lipinski definition) is 3. The normalized spacial score (nSPS) is 12.2. The molecule has 1 atom stereocenters. The molecule has 2 aromatic rings. The maximum atomic E-state index is 12.9. The second-order valence-electron chi connectivity index (χ2n) is 4.50. The van der Waals surface area contributed by atoms with Crippen LogP contribution < -0.4 is 5.32 Å². The van der Waals surface area contributed by atoms with Gasteiger partial charge in [-0.3, -0.25) is 4.79 Å². The molecule has 0 bridgehead atoms. The van der Waals surface area contributed by atoms with Crippen LogP contribution in [-0.2, 0) is 4.79 Å². The summed E-state index contributed by atoms with van der Waals surface area (Å²) < 4.78 is 14.5. The van der Waals surface area contributed by atoms with Crippen molar-refractivity contribution in [2.45, 2.75) is 18.2 Å². The summed E-state index contributed by atoms with van der Waals surface area (Å²) in [6.45, 7) is 1.73. The van der Waals surface area contributed by atoms with Gasteiger partial charge in [0.1, 0.15) is 5.82 Å². The van der Waals surface area contributed by atoms with E-state index in [9.17, 15) is 9.18 Å². The first kappa shape index (κ1) is 15.7. The summed E-state index contributed by atoms with van der Waals surface area (Å²) in [4.78, 5) is 11.4. The van der Waals surface area contributed by atoms with Gasteiger partial charge >= 0.3 is 0 Å². The predicted octanol–water partition coefficient (Wildman–Crippen LogP) is 2.40. The Kier molecular flexibility index (Phi) is 5.08. The number of aromatic nitrogens is 2. The lowest BCUT2D eigenvalue weighted by atomic mass is 10.3. The quantitative estimate of drug-likeness (QED) is 0.809. The summed E-state index contributed by atoms with van der Waals surface area (Å²) in [6, 6.07) is 5.93. The van der Waals surface area contributed by atoms with E-state index in [1.54, 1.807) is 23.7 Å². The van der Waals surface area contributed by atoms with Gasteiger partial charge in [-0.05, 0) is 37.6 Å². The van der Waals surface area contributed by atoms with E-state index in [1.165, 1.54) is 18.3 Å². The summed E-state index contributed by atoms with van der Waals surface area (Å²) in [7, 11) is 0. The molecule has 2 rings (SSSR count). The molecule has 1 aromatic carbocycles. The third-order valence-corrected chi connectivity index (χ3v) is 3.88. The molecule has 1 unspecified atom stereocenters. The Labute approximate surface area is 129 Å². The number of anilines is 1. The highest BCUT2D eigenvalue weighted by molar-refractivity contribution is 9.10. The van der Waals surface area contributed by atoms with Crippen molar-refractivity contribution in [3.8, 4) is 5.69 Å². The van der Waals surface area contributed by atoms with Crippen LogP contribution in [0.3, 0.4) is 0 Å². The van der Waals surface area contributed by atoms with Crippen LogP contribution >= 0.6 is 15.9 Å². The van der Waals surface area contributed by atoms with E-state index < -0.39 is 4.83 Å². The summed E-state index contributed by atoms with van der Waals surface area (Å²) in [5.74, 6) is -0.561. The van der Waals surface area contributed by atoms with Crippen molar-refractivity contribution < 1.29 is 14.3 Å². The third kappa shape index (κ3) is 3.68. The number of benzene rings is 1. The minimum absolute atomic E-state index is 0.0723. The number of carbonyl (C=O) groups is 1. The molecule has 0 spiro atoms. The van der Waals surface area contributed by atoms with Crippen molar-refractivity contribution in [1.82, 2.24) is 9.78 Å². The fourth-order valence-electron chi connectivity index (χ4n) is 1.83. The first-order chi connectivity index (χ1) is 10.0. The van der Waals surface area contributed by atoms with Gasteiger partial charge in [0.25, 0.3) is 0 Å². The lowest BCUT2D eigenvalue weighted by molar-refractivity contribution is -0.115. The summed E-state index contributed by atoms with van der Waals surface area (Å²) in [6.07, 6.45) is 1.87. The van der Waals surface area contributed by atoms with Gasteiger partial charge in [0.05, 0.1) is 28.1 Å². The summed E-state index contributed by atoms with van der Waals surface area (Å²) >= 11 is 3.20. The molecule has 7 heteroatoms. The van der Waals surface area contributed by atoms with Crippen LogP contribution in [0.5, 0.6) is 0 Å². The highest BCUT2D eigenvalue weighted by Crippen LogP contribution is 2.19. The van der Waals surface area contributed by atoms with Crippen LogP contribution in [0.4, 0.5) is 10.1 Å². The number of nitrogens with one attached hydrogen (secondary N) is 1. The van der Waals surface area contributed by atoms with Crippen LogP contribution in [0.2, 0.25) is 0 Å². The molecule has 112 valence electrons. The monoisotopic (exact) mass is 355 g/mol. The van der Waals surface area contributed by atoms with Gasteiger partial charge in [-0.2, -0.15) is 5.10 Å². The smallest absolute Gasteiger partial charge is 0.238 e. The third-order valence-electron chi connectivity index (χ3n) is 3.01. The van der Waals surface area contributed by atoms with E-state index in [0.717, 1.165) is 5.69 Å². The number of aliphatic hydroxyl groups is 1. The van der Waals surface area contributed by atoms with E-state index in [2.05, 4.69) is 26.3 Å². The molecule has 1 heterocycles.